The lowest BCUT2D eigenvalue weighted by molar-refractivity contribution is -0.162. The molecule has 1 heterocycles. The van der Waals surface area contributed by atoms with Crippen LogP contribution in [0.25, 0.3) is 0 Å². The predicted molar refractivity (Wildman–Crippen MR) is 56.4 cm³/mol. The van der Waals surface area contributed by atoms with E-state index in [2.05, 4.69) is 6.92 Å². The van der Waals surface area contributed by atoms with Crippen LogP contribution in [0, 0.1) is 11.3 Å². The SMILES string of the molecule is CC1(C)OC[C@H]([C@H]2CC[C@@]2(C)CC=O)O1. The van der Waals surface area contributed by atoms with Gasteiger partial charge in [-0.3, -0.25) is 0 Å². The summed E-state index contributed by atoms with van der Waals surface area (Å²) in [5.74, 6) is 0.0481. The molecule has 0 radical (unpaired) electrons. The van der Waals surface area contributed by atoms with Crippen LogP contribution in [-0.2, 0) is 14.3 Å². The molecule has 86 valence electrons. The Morgan fingerprint density at radius 3 is 2.53 bits per heavy atom. The minimum absolute atomic E-state index is 0.149. The molecule has 0 aromatic rings. The molecule has 1 aliphatic carbocycles. The topological polar surface area (TPSA) is 35.5 Å². The summed E-state index contributed by atoms with van der Waals surface area (Å²) in [5, 5.41) is 0. The Bertz CT molecular complexity index is 262. The molecule has 2 rings (SSSR count). The van der Waals surface area contributed by atoms with Crippen molar-refractivity contribution in [2.45, 2.75) is 51.9 Å². The smallest absolute Gasteiger partial charge is 0.163 e. The Kier molecular flexibility index (Phi) is 2.63. The lowest BCUT2D eigenvalue weighted by Gasteiger charge is -2.48. The van der Waals surface area contributed by atoms with Crippen LogP contribution < -0.4 is 0 Å². The zero-order chi connectivity index (χ0) is 11.1. The van der Waals surface area contributed by atoms with Crippen molar-refractivity contribution in [2.75, 3.05) is 6.61 Å². The van der Waals surface area contributed by atoms with E-state index in [4.69, 9.17) is 9.47 Å². The van der Waals surface area contributed by atoms with Crippen LogP contribution in [0.15, 0.2) is 0 Å². The van der Waals surface area contributed by atoms with Crippen LogP contribution in [0.3, 0.4) is 0 Å². The molecule has 0 N–H and O–H groups in total. The first kappa shape index (κ1) is 11.1. The highest BCUT2D eigenvalue weighted by Gasteiger charge is 2.50. The second-order valence-electron chi connectivity index (χ2n) is 5.54. The predicted octanol–water partition coefficient (Wildman–Crippen LogP) is 2.14. The Hall–Kier alpha value is -0.410. The van der Waals surface area contributed by atoms with Crippen molar-refractivity contribution in [1.29, 1.82) is 0 Å². The summed E-state index contributed by atoms with van der Waals surface area (Å²) < 4.78 is 11.4. The molecule has 1 saturated carbocycles. The lowest BCUT2D eigenvalue weighted by atomic mass is 9.58. The second kappa shape index (κ2) is 3.56. The van der Waals surface area contributed by atoms with Crippen molar-refractivity contribution in [3.8, 4) is 0 Å². The molecular weight excluding hydrogens is 192 g/mol. The van der Waals surface area contributed by atoms with Crippen molar-refractivity contribution in [1.82, 2.24) is 0 Å². The van der Waals surface area contributed by atoms with Gasteiger partial charge in [0.05, 0.1) is 12.7 Å². The molecule has 3 nitrogen and oxygen atoms in total. The summed E-state index contributed by atoms with van der Waals surface area (Å²) in [5.41, 5.74) is 0.149. The molecule has 0 amide bonds. The van der Waals surface area contributed by atoms with Crippen LogP contribution in [0.1, 0.15) is 40.0 Å². The van der Waals surface area contributed by atoms with E-state index >= 15 is 0 Å². The number of aldehydes is 1. The molecule has 0 aromatic carbocycles. The maximum absolute atomic E-state index is 10.6. The molecule has 3 atom stereocenters. The van der Waals surface area contributed by atoms with E-state index in [0.29, 0.717) is 18.9 Å². The molecular formula is C12H20O3. The monoisotopic (exact) mass is 212 g/mol. The molecule has 0 bridgehead atoms. The van der Waals surface area contributed by atoms with E-state index in [1.807, 2.05) is 13.8 Å². The van der Waals surface area contributed by atoms with E-state index in [1.54, 1.807) is 0 Å². The first-order valence-corrected chi connectivity index (χ1v) is 5.72. The van der Waals surface area contributed by atoms with E-state index in [9.17, 15) is 4.79 Å². The van der Waals surface area contributed by atoms with Crippen molar-refractivity contribution >= 4 is 6.29 Å². The third-order valence-electron chi connectivity index (χ3n) is 3.95. The van der Waals surface area contributed by atoms with Gasteiger partial charge in [0.25, 0.3) is 0 Å². The van der Waals surface area contributed by atoms with Gasteiger partial charge >= 0.3 is 0 Å². The normalized spacial score (nSPS) is 43.7. The number of ether oxygens (including phenoxy) is 2. The first-order chi connectivity index (χ1) is 6.97. The highest BCUT2D eigenvalue weighted by Crippen LogP contribution is 2.52. The highest BCUT2D eigenvalue weighted by molar-refractivity contribution is 5.51. The van der Waals surface area contributed by atoms with Gasteiger partial charge in [-0.2, -0.15) is 0 Å². The van der Waals surface area contributed by atoms with Gasteiger partial charge in [0.1, 0.15) is 6.29 Å². The van der Waals surface area contributed by atoms with Crippen LogP contribution in [0.4, 0.5) is 0 Å². The summed E-state index contributed by atoms with van der Waals surface area (Å²) in [6, 6.07) is 0. The third-order valence-corrected chi connectivity index (χ3v) is 3.95. The molecule has 0 unspecified atom stereocenters. The van der Waals surface area contributed by atoms with Gasteiger partial charge in [-0.15, -0.1) is 0 Å². The molecule has 15 heavy (non-hydrogen) atoms. The fourth-order valence-electron chi connectivity index (χ4n) is 2.80. The summed E-state index contributed by atoms with van der Waals surface area (Å²) in [6.45, 7) is 6.75. The Labute approximate surface area is 91.1 Å². The van der Waals surface area contributed by atoms with Crippen LogP contribution in [0.2, 0.25) is 0 Å². The standard InChI is InChI=1S/C12H20O3/c1-11(2)14-8-10(15-11)9-4-5-12(9,3)6-7-13/h7,9-10H,4-6,8H2,1-3H3/t9-,10-,12+/m1/s1. The Morgan fingerprint density at radius 2 is 2.13 bits per heavy atom. The zero-order valence-corrected chi connectivity index (χ0v) is 9.79. The van der Waals surface area contributed by atoms with E-state index in [1.165, 1.54) is 0 Å². The van der Waals surface area contributed by atoms with Crippen LogP contribution in [0.5, 0.6) is 0 Å². The summed E-state index contributed by atoms with van der Waals surface area (Å²) in [4.78, 5) is 10.6. The highest BCUT2D eigenvalue weighted by atomic mass is 16.7. The van der Waals surface area contributed by atoms with Crippen molar-refractivity contribution < 1.29 is 14.3 Å². The first-order valence-electron chi connectivity index (χ1n) is 5.72. The summed E-state index contributed by atoms with van der Waals surface area (Å²) >= 11 is 0. The summed E-state index contributed by atoms with van der Waals surface area (Å²) in [6.07, 6.45) is 4.16. The molecule has 1 saturated heterocycles. The largest absolute Gasteiger partial charge is 0.348 e. The van der Waals surface area contributed by atoms with Gasteiger partial charge in [0.2, 0.25) is 0 Å². The third kappa shape index (κ3) is 1.95. The van der Waals surface area contributed by atoms with Crippen molar-refractivity contribution in [2.24, 2.45) is 11.3 Å². The van der Waals surface area contributed by atoms with Gasteiger partial charge in [-0.25, -0.2) is 0 Å². The minimum atomic E-state index is -0.442. The molecule has 2 fully saturated rings. The van der Waals surface area contributed by atoms with Crippen LogP contribution in [-0.4, -0.2) is 24.8 Å². The Balaban J connectivity index is 1.98. The van der Waals surface area contributed by atoms with Gasteiger partial charge in [0, 0.05) is 6.42 Å². The molecule has 3 heteroatoms. The lowest BCUT2D eigenvalue weighted by Crippen LogP contribution is -2.46. The number of rotatable bonds is 3. The maximum Gasteiger partial charge on any atom is 0.163 e. The number of carbonyl (C=O) groups excluding carboxylic acids is 1. The van der Waals surface area contributed by atoms with Crippen molar-refractivity contribution in [3.05, 3.63) is 0 Å². The van der Waals surface area contributed by atoms with E-state index in [-0.39, 0.29) is 11.5 Å². The summed E-state index contributed by atoms with van der Waals surface area (Å²) in [7, 11) is 0. The number of hydrogen-bond acceptors (Lipinski definition) is 3. The average Bonchev–Trinajstić information content (AvgIpc) is 2.44. The molecule has 0 aromatic heterocycles. The fourth-order valence-corrected chi connectivity index (χ4v) is 2.80. The fraction of sp³-hybridized carbons (Fsp3) is 0.917. The quantitative estimate of drug-likeness (QED) is 0.672. The van der Waals surface area contributed by atoms with Gasteiger partial charge in [-0.05, 0) is 38.0 Å². The van der Waals surface area contributed by atoms with Gasteiger partial charge in [-0.1, -0.05) is 6.92 Å². The number of carbonyl (C=O) groups is 1. The number of hydrogen-bond donors (Lipinski definition) is 0. The molecule has 0 spiro atoms. The average molecular weight is 212 g/mol. The maximum atomic E-state index is 10.6. The van der Waals surface area contributed by atoms with Crippen molar-refractivity contribution in [3.63, 3.8) is 0 Å². The van der Waals surface area contributed by atoms with Crippen LogP contribution >= 0.6 is 0 Å². The van der Waals surface area contributed by atoms with E-state index < -0.39 is 5.79 Å². The van der Waals surface area contributed by atoms with E-state index in [0.717, 1.165) is 19.1 Å². The van der Waals surface area contributed by atoms with Gasteiger partial charge in [0.15, 0.2) is 5.79 Å². The Morgan fingerprint density at radius 1 is 1.40 bits per heavy atom. The second-order valence-corrected chi connectivity index (χ2v) is 5.54. The zero-order valence-electron chi connectivity index (χ0n) is 9.79. The van der Waals surface area contributed by atoms with Gasteiger partial charge < -0.3 is 14.3 Å². The minimum Gasteiger partial charge on any atom is -0.348 e. The molecule has 1 aliphatic heterocycles. The molecule has 2 aliphatic rings.